The Morgan fingerprint density at radius 2 is 1.62 bits per heavy atom. The summed E-state index contributed by atoms with van der Waals surface area (Å²) >= 11 is 1.21. The van der Waals surface area contributed by atoms with Gasteiger partial charge in [0.25, 0.3) is 5.91 Å². The van der Waals surface area contributed by atoms with Crippen molar-refractivity contribution < 1.29 is 23.7 Å². The van der Waals surface area contributed by atoms with Gasteiger partial charge in [0, 0.05) is 0 Å². The normalized spacial score (nSPS) is 15.7. The van der Waals surface area contributed by atoms with Crippen LogP contribution in [-0.2, 0) is 10.2 Å². The first kappa shape index (κ1) is 28.9. The second kappa shape index (κ2) is 12.5. The van der Waals surface area contributed by atoms with Crippen LogP contribution in [0.1, 0.15) is 31.9 Å². The molecule has 0 spiro atoms. The zero-order valence-corrected chi connectivity index (χ0v) is 24.7. The largest absolute Gasteiger partial charge is 0.493 e. The molecule has 2 heterocycles. The van der Waals surface area contributed by atoms with Gasteiger partial charge in [-0.05, 0) is 70.8 Å². The fraction of sp³-hybridized carbons (Fsp3) is 0.250. The summed E-state index contributed by atoms with van der Waals surface area (Å²) in [6.07, 6.45) is 1.60. The van der Waals surface area contributed by atoms with Crippen LogP contribution in [0.5, 0.6) is 23.0 Å². The predicted octanol–water partition coefficient (Wildman–Crippen LogP) is 6.15. The van der Waals surface area contributed by atoms with Gasteiger partial charge < -0.3 is 18.9 Å². The zero-order chi connectivity index (χ0) is 29.7. The van der Waals surface area contributed by atoms with E-state index in [4.69, 9.17) is 24.4 Å². The number of amides is 1. The molecule has 42 heavy (non-hydrogen) atoms. The molecule has 0 unspecified atom stereocenters. The number of nitrogens with zero attached hydrogens (tertiary/aromatic N) is 3. The summed E-state index contributed by atoms with van der Waals surface area (Å²) in [4.78, 5) is 17.0. The average molecular weight is 585 g/mol. The van der Waals surface area contributed by atoms with Gasteiger partial charge in [-0.3, -0.25) is 10.2 Å². The zero-order valence-electron chi connectivity index (χ0n) is 23.9. The molecule has 216 valence electrons. The molecule has 0 saturated heterocycles. The van der Waals surface area contributed by atoms with E-state index in [1.165, 1.54) is 22.3 Å². The molecule has 0 aromatic heterocycles. The van der Waals surface area contributed by atoms with Crippen molar-refractivity contribution >= 4 is 39.8 Å². The number of para-hydroxylation sites is 1. The maximum atomic E-state index is 12.8. The minimum atomic E-state index is -0.508. The van der Waals surface area contributed by atoms with E-state index in [9.17, 15) is 4.79 Å². The van der Waals surface area contributed by atoms with Gasteiger partial charge in [0.05, 0.1) is 12.7 Å². The van der Waals surface area contributed by atoms with Crippen molar-refractivity contribution in [2.45, 2.75) is 26.2 Å². The quantitative estimate of drug-likeness (QED) is 0.225. The number of hydrazone groups is 1. The van der Waals surface area contributed by atoms with Gasteiger partial charge in [-0.25, -0.2) is 0 Å². The SMILES string of the molecule is COc1cc(/C=C2\C(=N)N3N=C(COc4ccccc4)SC3=NC2=O)ccc1OCCOc1ccc(C(C)(C)C)cc1. The van der Waals surface area contributed by atoms with E-state index in [0.717, 1.165) is 5.75 Å². The molecule has 0 saturated carbocycles. The summed E-state index contributed by atoms with van der Waals surface area (Å²) in [5, 5.41) is 15.4. The number of thioether (sulfide) groups is 1. The Morgan fingerprint density at radius 3 is 2.33 bits per heavy atom. The van der Waals surface area contributed by atoms with Gasteiger partial charge >= 0.3 is 0 Å². The van der Waals surface area contributed by atoms with Gasteiger partial charge in [-0.2, -0.15) is 15.1 Å². The number of amidine groups is 2. The predicted molar refractivity (Wildman–Crippen MR) is 166 cm³/mol. The lowest BCUT2D eigenvalue weighted by atomic mass is 9.87. The topological polar surface area (TPSA) is 106 Å². The summed E-state index contributed by atoms with van der Waals surface area (Å²) in [6.45, 7) is 7.41. The van der Waals surface area contributed by atoms with Crippen molar-refractivity contribution in [1.82, 2.24) is 5.01 Å². The van der Waals surface area contributed by atoms with Gasteiger partial charge in [0.2, 0.25) is 5.17 Å². The summed E-state index contributed by atoms with van der Waals surface area (Å²) < 4.78 is 23.0. The molecule has 3 aromatic rings. The third-order valence-corrected chi connectivity index (χ3v) is 7.31. The Bertz CT molecular complexity index is 1560. The maximum Gasteiger partial charge on any atom is 0.283 e. The van der Waals surface area contributed by atoms with Crippen LogP contribution >= 0.6 is 11.8 Å². The van der Waals surface area contributed by atoms with Crippen molar-refractivity contribution in [1.29, 1.82) is 5.41 Å². The first-order valence-electron chi connectivity index (χ1n) is 13.4. The van der Waals surface area contributed by atoms with Crippen molar-refractivity contribution in [3.8, 4) is 23.0 Å². The van der Waals surface area contributed by atoms with Crippen LogP contribution in [-0.4, -0.2) is 53.9 Å². The van der Waals surface area contributed by atoms with Crippen LogP contribution in [0.25, 0.3) is 6.08 Å². The van der Waals surface area contributed by atoms with Crippen molar-refractivity contribution in [3.63, 3.8) is 0 Å². The van der Waals surface area contributed by atoms with E-state index >= 15 is 0 Å². The highest BCUT2D eigenvalue weighted by molar-refractivity contribution is 8.27. The van der Waals surface area contributed by atoms with Crippen LogP contribution in [0.15, 0.2) is 88.5 Å². The summed E-state index contributed by atoms with van der Waals surface area (Å²) in [6, 6.07) is 22.7. The fourth-order valence-electron chi connectivity index (χ4n) is 4.17. The molecule has 10 heteroatoms. The third-order valence-electron chi connectivity index (χ3n) is 6.43. The number of fused-ring (bicyclic) bond motifs is 1. The van der Waals surface area contributed by atoms with E-state index in [0.29, 0.717) is 46.2 Å². The van der Waals surface area contributed by atoms with E-state index in [-0.39, 0.29) is 23.4 Å². The highest BCUT2D eigenvalue weighted by atomic mass is 32.2. The number of ether oxygens (including phenoxy) is 4. The Kier molecular flexibility index (Phi) is 8.63. The van der Waals surface area contributed by atoms with E-state index in [1.807, 2.05) is 42.5 Å². The first-order valence-corrected chi connectivity index (χ1v) is 14.2. The molecule has 1 amide bonds. The summed E-state index contributed by atoms with van der Waals surface area (Å²) in [5.41, 5.74) is 2.11. The standard InChI is InChI=1S/C32H32N4O5S/c1-32(2,3)22-11-13-24(14-12-22)39-16-17-40-26-15-10-21(19-27(26)38-4)18-25-29(33)36-31(34-30(25)37)42-28(35-36)20-41-23-8-6-5-7-9-23/h5-15,18-19,33H,16-17,20H2,1-4H3/b25-18+,33-29?. The number of aliphatic imine (C=N–C) groups is 1. The number of nitrogens with one attached hydrogen (secondary N) is 1. The Hall–Kier alpha value is -4.57. The van der Waals surface area contributed by atoms with E-state index < -0.39 is 5.91 Å². The monoisotopic (exact) mass is 584 g/mol. The number of methoxy groups -OCH3 is 1. The van der Waals surface area contributed by atoms with Crippen LogP contribution in [0.4, 0.5) is 0 Å². The number of hydrogen-bond acceptors (Lipinski definition) is 8. The maximum absolute atomic E-state index is 12.8. The van der Waals surface area contributed by atoms with Crippen LogP contribution in [0, 0.1) is 5.41 Å². The average Bonchev–Trinajstić information content (AvgIpc) is 3.40. The number of carbonyl (C=O) groups is 1. The molecule has 0 atom stereocenters. The van der Waals surface area contributed by atoms with Gasteiger partial charge in [0.15, 0.2) is 17.3 Å². The first-order chi connectivity index (χ1) is 20.2. The molecule has 2 aliphatic rings. The molecule has 0 bridgehead atoms. The minimum absolute atomic E-state index is 0.0563. The van der Waals surface area contributed by atoms with Gasteiger partial charge in [-0.15, -0.1) is 0 Å². The van der Waals surface area contributed by atoms with Crippen LogP contribution < -0.4 is 18.9 Å². The highest BCUT2D eigenvalue weighted by Gasteiger charge is 2.35. The van der Waals surface area contributed by atoms with E-state index in [2.05, 4.69) is 43.0 Å². The molecule has 3 aromatic carbocycles. The number of hydrogen-bond donors (Lipinski definition) is 1. The lowest BCUT2D eigenvalue weighted by molar-refractivity contribution is -0.114. The van der Waals surface area contributed by atoms with E-state index in [1.54, 1.807) is 31.4 Å². The van der Waals surface area contributed by atoms with Crippen LogP contribution in [0.3, 0.4) is 0 Å². The van der Waals surface area contributed by atoms with Crippen molar-refractivity contribution in [3.05, 3.63) is 89.5 Å². The smallest absolute Gasteiger partial charge is 0.283 e. The van der Waals surface area contributed by atoms with Crippen molar-refractivity contribution in [2.24, 2.45) is 10.1 Å². The molecule has 2 aliphatic heterocycles. The Labute approximate surface area is 249 Å². The molecule has 1 N–H and O–H groups in total. The summed E-state index contributed by atoms with van der Waals surface area (Å²) in [7, 11) is 1.55. The summed E-state index contributed by atoms with van der Waals surface area (Å²) in [5.74, 6) is 1.96. The molecular formula is C32H32N4O5S. The molecule has 9 nitrogen and oxygen atoms in total. The molecule has 0 radical (unpaired) electrons. The Balaban J connectivity index is 1.20. The number of carbonyl (C=O) groups excluding carboxylic acids is 1. The molecule has 0 fully saturated rings. The molecule has 0 aliphatic carbocycles. The van der Waals surface area contributed by atoms with Crippen LogP contribution in [0.2, 0.25) is 0 Å². The minimum Gasteiger partial charge on any atom is -0.493 e. The lowest BCUT2D eigenvalue weighted by Crippen LogP contribution is -2.35. The van der Waals surface area contributed by atoms with Gasteiger partial charge in [0.1, 0.15) is 36.4 Å². The second-order valence-electron chi connectivity index (χ2n) is 10.5. The fourth-order valence-corrected chi connectivity index (χ4v) is 4.97. The lowest BCUT2D eigenvalue weighted by Gasteiger charge is -2.20. The second-order valence-corrected chi connectivity index (χ2v) is 11.5. The van der Waals surface area contributed by atoms with Crippen molar-refractivity contribution in [2.75, 3.05) is 26.9 Å². The van der Waals surface area contributed by atoms with Gasteiger partial charge in [-0.1, -0.05) is 57.2 Å². The third kappa shape index (κ3) is 6.83. The number of rotatable bonds is 10. The number of benzene rings is 3. The Morgan fingerprint density at radius 1 is 0.905 bits per heavy atom. The molecule has 5 rings (SSSR count). The highest BCUT2D eigenvalue weighted by Crippen LogP contribution is 2.32. The molecular weight excluding hydrogens is 552 g/mol.